The first-order valence-corrected chi connectivity index (χ1v) is 12.9. The molecule has 0 bridgehead atoms. The Morgan fingerprint density at radius 1 is 1.11 bits per heavy atom. The van der Waals surface area contributed by atoms with Crippen molar-refractivity contribution in [2.75, 3.05) is 5.32 Å². The second-order valence-electron chi connectivity index (χ2n) is 10.2. The minimum Gasteiger partial charge on any atom is -0.460 e. The molecule has 2 N–H and O–H groups in total. The summed E-state index contributed by atoms with van der Waals surface area (Å²) in [6, 6.07) is 11.4. The maximum Gasteiger partial charge on any atom is 0.492 e. The Labute approximate surface area is 221 Å². The van der Waals surface area contributed by atoms with Crippen LogP contribution in [0.2, 0.25) is 5.15 Å². The Bertz CT molecular complexity index is 1600. The van der Waals surface area contributed by atoms with Crippen LogP contribution >= 0.6 is 11.6 Å². The summed E-state index contributed by atoms with van der Waals surface area (Å²) in [6.07, 6.45) is 0. The predicted molar refractivity (Wildman–Crippen MR) is 150 cm³/mol. The lowest BCUT2D eigenvalue weighted by atomic mass is 9.76. The van der Waals surface area contributed by atoms with Crippen LogP contribution in [0.1, 0.15) is 66.3 Å². The van der Waals surface area contributed by atoms with Gasteiger partial charge in [-0.1, -0.05) is 43.1 Å². The van der Waals surface area contributed by atoms with Crippen LogP contribution in [0.3, 0.4) is 0 Å². The number of halogens is 1. The monoisotopic (exact) mass is 516 g/mol. The van der Waals surface area contributed by atoms with Gasteiger partial charge in [0.05, 0.1) is 29.4 Å². The summed E-state index contributed by atoms with van der Waals surface area (Å²) in [7, 11) is -0.905. The highest BCUT2D eigenvalue weighted by Gasteiger charge is 2.30. The molecule has 2 aromatic carbocycles. The highest BCUT2D eigenvalue weighted by Crippen LogP contribution is 2.35. The van der Waals surface area contributed by atoms with E-state index in [0.29, 0.717) is 39.7 Å². The number of nitrogens with one attached hydrogen (secondary N) is 1. The lowest BCUT2D eigenvalue weighted by molar-refractivity contribution is 0.275. The third-order valence-corrected chi connectivity index (χ3v) is 7.25. The number of fused-ring (bicyclic) bond motifs is 2. The molecule has 6 nitrogen and oxygen atoms in total. The third-order valence-electron chi connectivity index (χ3n) is 7.04. The van der Waals surface area contributed by atoms with Crippen LogP contribution in [0, 0.1) is 20.8 Å². The molecule has 2 aromatic heterocycles. The fraction of sp³-hybridized carbons (Fsp3) is 0.310. The van der Waals surface area contributed by atoms with Gasteiger partial charge in [0.1, 0.15) is 16.5 Å². The van der Waals surface area contributed by atoms with E-state index in [1.807, 2.05) is 65.8 Å². The molecule has 1 aliphatic heterocycles. The van der Waals surface area contributed by atoms with E-state index in [9.17, 15) is 9.82 Å². The van der Waals surface area contributed by atoms with Crippen LogP contribution in [0.15, 0.2) is 45.6 Å². The van der Waals surface area contributed by atoms with Gasteiger partial charge in [0.25, 0.3) is 0 Å². The lowest BCUT2D eigenvalue weighted by Gasteiger charge is -2.21. The Morgan fingerprint density at radius 3 is 2.59 bits per heavy atom. The van der Waals surface area contributed by atoms with Gasteiger partial charge in [-0.15, -0.1) is 0 Å². The number of hydrogen-bond donors (Lipinski definition) is 2. The number of nitrogens with zero attached hydrogens (tertiary/aromatic N) is 1. The zero-order valence-electron chi connectivity index (χ0n) is 21.9. The van der Waals surface area contributed by atoms with Crippen molar-refractivity contribution in [1.82, 2.24) is 4.98 Å². The van der Waals surface area contributed by atoms with Crippen molar-refractivity contribution in [1.29, 1.82) is 0 Å². The molecule has 0 aliphatic carbocycles. The van der Waals surface area contributed by atoms with E-state index in [0.717, 1.165) is 39.0 Å². The molecule has 0 saturated heterocycles. The minimum absolute atomic E-state index is 0.00831. The molecular formula is C29H30BClN2O4. The summed E-state index contributed by atoms with van der Waals surface area (Å²) >= 11 is 6.33. The first-order chi connectivity index (χ1) is 17.5. The molecule has 1 aliphatic rings. The van der Waals surface area contributed by atoms with Crippen LogP contribution in [0.25, 0.3) is 22.2 Å². The molecule has 0 unspecified atom stereocenters. The Hall–Kier alpha value is -3.13. The molecule has 1 atom stereocenters. The van der Waals surface area contributed by atoms with Gasteiger partial charge in [-0.25, -0.2) is 4.98 Å². The molecule has 0 saturated carbocycles. The Balaban J connectivity index is 1.61. The SMILES string of the molecule is Cc1cc([C@H](C)Nc2ccc(Cl)nc2-c2cc(C)c3c(c2)COB3O)c2oc(C(C)C)c(C)c(=O)c2c1. The molecule has 37 heavy (non-hydrogen) atoms. The second kappa shape index (κ2) is 9.64. The van der Waals surface area contributed by atoms with Gasteiger partial charge in [-0.3, -0.25) is 4.79 Å². The number of rotatable bonds is 5. The third kappa shape index (κ3) is 4.56. The normalized spacial score (nSPS) is 13.9. The van der Waals surface area contributed by atoms with Gasteiger partial charge in [-0.2, -0.15) is 0 Å². The summed E-state index contributed by atoms with van der Waals surface area (Å²) in [5, 5.41) is 14.7. The number of benzene rings is 2. The number of anilines is 1. The first-order valence-electron chi connectivity index (χ1n) is 12.5. The highest BCUT2D eigenvalue weighted by molar-refractivity contribution is 6.62. The van der Waals surface area contributed by atoms with Crippen LogP contribution in [0.5, 0.6) is 0 Å². The summed E-state index contributed by atoms with van der Waals surface area (Å²) < 4.78 is 11.8. The van der Waals surface area contributed by atoms with Gasteiger partial charge in [0.15, 0.2) is 5.43 Å². The van der Waals surface area contributed by atoms with Crippen molar-refractivity contribution in [2.24, 2.45) is 0 Å². The van der Waals surface area contributed by atoms with Crippen LogP contribution in [-0.2, 0) is 11.3 Å². The lowest BCUT2D eigenvalue weighted by Crippen LogP contribution is -2.30. The van der Waals surface area contributed by atoms with E-state index in [1.165, 1.54) is 0 Å². The number of hydrogen-bond acceptors (Lipinski definition) is 6. The van der Waals surface area contributed by atoms with Crippen LogP contribution in [-0.4, -0.2) is 17.1 Å². The van der Waals surface area contributed by atoms with E-state index in [1.54, 1.807) is 6.07 Å². The predicted octanol–water partition coefficient (Wildman–Crippen LogP) is 5.95. The quantitative estimate of drug-likeness (QED) is 0.252. The second-order valence-corrected chi connectivity index (χ2v) is 10.6. The van der Waals surface area contributed by atoms with Crippen LogP contribution < -0.4 is 16.2 Å². The topological polar surface area (TPSA) is 84.6 Å². The summed E-state index contributed by atoms with van der Waals surface area (Å²) in [5.41, 5.74) is 8.21. The fourth-order valence-corrected chi connectivity index (χ4v) is 5.42. The maximum atomic E-state index is 13.2. The Morgan fingerprint density at radius 2 is 1.86 bits per heavy atom. The van der Waals surface area contributed by atoms with Gasteiger partial charge in [0.2, 0.25) is 0 Å². The summed E-state index contributed by atoms with van der Waals surface area (Å²) in [4.78, 5) is 17.9. The van der Waals surface area contributed by atoms with E-state index in [-0.39, 0.29) is 17.4 Å². The molecule has 0 fully saturated rings. The largest absolute Gasteiger partial charge is 0.492 e. The average molecular weight is 517 g/mol. The highest BCUT2D eigenvalue weighted by atomic mass is 35.5. The van der Waals surface area contributed by atoms with Gasteiger partial charge >= 0.3 is 7.12 Å². The van der Waals surface area contributed by atoms with Crippen molar-refractivity contribution >= 4 is 40.8 Å². The van der Waals surface area contributed by atoms with E-state index in [4.69, 9.17) is 20.7 Å². The number of aromatic nitrogens is 1. The number of pyridine rings is 1. The van der Waals surface area contributed by atoms with Crippen molar-refractivity contribution in [2.45, 2.75) is 60.1 Å². The molecular weight excluding hydrogens is 487 g/mol. The van der Waals surface area contributed by atoms with E-state index >= 15 is 0 Å². The summed E-state index contributed by atoms with van der Waals surface area (Å²) in [5.74, 6) is 0.800. The Kier molecular flexibility index (Phi) is 6.65. The van der Waals surface area contributed by atoms with Crippen molar-refractivity contribution in [3.05, 3.63) is 85.4 Å². The molecule has 5 rings (SSSR count). The molecule has 4 aromatic rings. The molecule has 0 spiro atoms. The van der Waals surface area contributed by atoms with E-state index in [2.05, 4.69) is 16.4 Å². The molecule has 0 radical (unpaired) electrons. The zero-order valence-corrected chi connectivity index (χ0v) is 22.7. The van der Waals surface area contributed by atoms with Crippen molar-refractivity contribution in [3.63, 3.8) is 0 Å². The molecule has 8 heteroatoms. The standard InChI is InChI=1S/C29H30BClN2O4/c1-14(2)28-17(5)27(34)22-10-15(3)9-21(29(22)37-28)18(6)32-23-7-8-24(31)33-26(23)19-11-16(4)25-20(12-19)13-36-30(25)35/h7-12,14,18,32,35H,13H2,1-6H3/t18-/m0/s1. The van der Waals surface area contributed by atoms with Gasteiger partial charge in [0, 0.05) is 22.6 Å². The molecule has 190 valence electrons. The van der Waals surface area contributed by atoms with Crippen molar-refractivity contribution in [3.8, 4) is 11.3 Å². The zero-order chi connectivity index (χ0) is 26.6. The van der Waals surface area contributed by atoms with Gasteiger partial charge in [-0.05, 0) is 68.6 Å². The fourth-order valence-electron chi connectivity index (χ4n) is 5.27. The molecule has 0 amide bonds. The summed E-state index contributed by atoms with van der Waals surface area (Å²) in [6.45, 7) is 12.2. The van der Waals surface area contributed by atoms with Gasteiger partial charge < -0.3 is 19.4 Å². The minimum atomic E-state index is -0.905. The maximum absolute atomic E-state index is 13.2. The molecule has 3 heterocycles. The first kappa shape index (κ1) is 25.5. The van der Waals surface area contributed by atoms with Crippen LogP contribution in [0.4, 0.5) is 5.69 Å². The number of aryl methyl sites for hydroxylation is 2. The van der Waals surface area contributed by atoms with E-state index < -0.39 is 7.12 Å². The average Bonchev–Trinajstić information content (AvgIpc) is 3.23. The smallest absolute Gasteiger partial charge is 0.460 e. The van der Waals surface area contributed by atoms with Crippen molar-refractivity contribution < 1.29 is 14.1 Å².